The zero-order chi connectivity index (χ0) is 20.4. The molecule has 2 aromatic rings. The molecule has 5 nitrogen and oxygen atoms in total. The van der Waals surface area contributed by atoms with E-state index in [-0.39, 0.29) is 17.9 Å². The van der Waals surface area contributed by atoms with E-state index in [9.17, 15) is 10.2 Å². The van der Waals surface area contributed by atoms with Crippen LogP contribution in [-0.2, 0) is 37.6 Å². The molecule has 4 atom stereocenters. The standard InChI is InChI=1S/C25H30N2O3/c1-3-27-17-7-5-4-6-15(17)16-13-25(29)19-12-14-8-9-18(28)22-20(14)24(25,10-11-26(19)2)23(30-22)21(16)27/h8-9,19,23,28-29H,3-7,10-13H2,1-2H3/t19-,23+,24+,25-/m1/s1. The fourth-order valence-corrected chi connectivity index (χ4v) is 8.03. The third-order valence-electron chi connectivity index (χ3n) is 9.22. The monoisotopic (exact) mass is 406 g/mol. The van der Waals surface area contributed by atoms with Crippen molar-refractivity contribution in [3.05, 3.63) is 45.8 Å². The van der Waals surface area contributed by atoms with Crippen molar-refractivity contribution in [2.75, 3.05) is 13.6 Å². The van der Waals surface area contributed by atoms with Gasteiger partial charge in [-0.05, 0) is 81.8 Å². The molecule has 5 aliphatic rings. The molecule has 1 aromatic carbocycles. The molecule has 7 rings (SSSR count). The van der Waals surface area contributed by atoms with E-state index in [1.807, 2.05) is 0 Å². The maximum Gasteiger partial charge on any atom is 0.166 e. The minimum atomic E-state index is -0.866. The quantitative estimate of drug-likeness (QED) is 0.764. The van der Waals surface area contributed by atoms with Gasteiger partial charge in [-0.15, -0.1) is 0 Å². The van der Waals surface area contributed by atoms with Crippen LogP contribution in [0.3, 0.4) is 0 Å². The number of phenols is 1. The van der Waals surface area contributed by atoms with E-state index in [2.05, 4.69) is 29.5 Å². The molecule has 1 aromatic heterocycles. The van der Waals surface area contributed by atoms with Crippen molar-refractivity contribution in [3.8, 4) is 11.5 Å². The van der Waals surface area contributed by atoms with Gasteiger partial charge in [0, 0.05) is 30.3 Å². The van der Waals surface area contributed by atoms with Crippen molar-refractivity contribution in [3.63, 3.8) is 0 Å². The van der Waals surface area contributed by atoms with Gasteiger partial charge in [-0.2, -0.15) is 0 Å². The summed E-state index contributed by atoms with van der Waals surface area (Å²) in [5.74, 6) is 0.853. The molecule has 1 saturated heterocycles. The molecular formula is C25H30N2O3. The number of piperidine rings is 1. The molecule has 2 aliphatic heterocycles. The van der Waals surface area contributed by atoms with Crippen LogP contribution in [0.1, 0.15) is 65.9 Å². The highest BCUT2D eigenvalue weighted by molar-refractivity contribution is 5.65. The van der Waals surface area contributed by atoms with E-state index in [0.29, 0.717) is 12.2 Å². The van der Waals surface area contributed by atoms with Gasteiger partial charge in [0.25, 0.3) is 0 Å². The van der Waals surface area contributed by atoms with Gasteiger partial charge in [0.2, 0.25) is 0 Å². The van der Waals surface area contributed by atoms with Gasteiger partial charge < -0.3 is 24.4 Å². The highest BCUT2D eigenvalue weighted by Gasteiger charge is 2.72. The zero-order valence-corrected chi connectivity index (χ0v) is 17.9. The Balaban J connectivity index is 1.59. The maximum absolute atomic E-state index is 12.6. The van der Waals surface area contributed by atoms with Gasteiger partial charge in [0.15, 0.2) is 17.6 Å². The number of fused-ring (bicyclic) bond motifs is 4. The second kappa shape index (κ2) is 5.43. The van der Waals surface area contributed by atoms with Gasteiger partial charge in [-0.1, -0.05) is 6.07 Å². The molecule has 2 N–H and O–H groups in total. The predicted octanol–water partition coefficient (Wildman–Crippen LogP) is 3.01. The normalized spacial score (nSPS) is 35.4. The molecule has 5 heteroatoms. The summed E-state index contributed by atoms with van der Waals surface area (Å²) in [5.41, 5.74) is 6.62. The van der Waals surface area contributed by atoms with Gasteiger partial charge in [0.1, 0.15) is 0 Å². The van der Waals surface area contributed by atoms with Gasteiger partial charge in [-0.3, -0.25) is 0 Å². The molecule has 0 unspecified atom stereocenters. The Kier molecular flexibility index (Phi) is 3.20. The van der Waals surface area contributed by atoms with Crippen LogP contribution in [0.2, 0.25) is 0 Å². The number of hydrogen-bond donors (Lipinski definition) is 2. The number of aliphatic hydroxyl groups is 1. The first-order chi connectivity index (χ1) is 14.5. The Morgan fingerprint density at radius 1 is 1.20 bits per heavy atom. The largest absolute Gasteiger partial charge is 0.504 e. The fraction of sp³-hybridized carbons (Fsp3) is 0.600. The Morgan fingerprint density at radius 2 is 2.03 bits per heavy atom. The first-order valence-corrected chi connectivity index (χ1v) is 11.7. The van der Waals surface area contributed by atoms with Crippen LogP contribution in [-0.4, -0.2) is 44.9 Å². The van der Waals surface area contributed by atoms with Crippen molar-refractivity contribution in [1.82, 2.24) is 9.47 Å². The molecule has 0 radical (unpaired) electrons. The fourth-order valence-electron chi connectivity index (χ4n) is 8.03. The van der Waals surface area contributed by atoms with Crippen LogP contribution in [0.4, 0.5) is 0 Å². The molecule has 1 fully saturated rings. The minimum absolute atomic E-state index is 0.0812. The second-order valence-electron chi connectivity index (χ2n) is 10.2. The topological polar surface area (TPSA) is 57.9 Å². The van der Waals surface area contributed by atoms with Crippen molar-refractivity contribution in [2.24, 2.45) is 0 Å². The SMILES string of the molecule is CCn1c2c(c3c1[C@@H]1Oc4c(O)ccc5c4[C@@]14CCN(C)[C@H](C5)[C@]4(O)C3)CCCC2. The number of aromatic hydroxyl groups is 1. The zero-order valence-electron chi connectivity index (χ0n) is 17.9. The third kappa shape index (κ3) is 1.70. The minimum Gasteiger partial charge on any atom is -0.504 e. The number of rotatable bonds is 1. The lowest BCUT2D eigenvalue weighted by Crippen LogP contribution is -2.74. The lowest BCUT2D eigenvalue weighted by molar-refractivity contribution is -0.168. The van der Waals surface area contributed by atoms with Crippen LogP contribution in [0, 0.1) is 0 Å². The Labute approximate surface area is 177 Å². The van der Waals surface area contributed by atoms with Crippen molar-refractivity contribution in [2.45, 2.75) is 81.6 Å². The lowest BCUT2D eigenvalue weighted by Gasteiger charge is -2.62. The summed E-state index contributed by atoms with van der Waals surface area (Å²) in [6.07, 6.45) is 6.90. The highest BCUT2D eigenvalue weighted by atomic mass is 16.5. The van der Waals surface area contributed by atoms with Crippen LogP contribution < -0.4 is 4.74 Å². The summed E-state index contributed by atoms with van der Waals surface area (Å²) in [4.78, 5) is 2.37. The summed E-state index contributed by atoms with van der Waals surface area (Å²) < 4.78 is 9.21. The first kappa shape index (κ1) is 17.7. The number of likely N-dealkylation sites (N-methyl/N-ethyl adjacent to an activating group) is 1. The molecule has 3 heterocycles. The Bertz CT molecular complexity index is 1100. The summed E-state index contributed by atoms with van der Waals surface area (Å²) in [6.45, 7) is 4.12. The third-order valence-corrected chi connectivity index (χ3v) is 9.22. The van der Waals surface area contributed by atoms with Crippen molar-refractivity contribution in [1.29, 1.82) is 0 Å². The number of likely N-dealkylation sites (tertiary alicyclic amines) is 1. The molecule has 1 spiro atoms. The number of aromatic nitrogens is 1. The van der Waals surface area contributed by atoms with Crippen LogP contribution in [0.15, 0.2) is 12.1 Å². The average Bonchev–Trinajstić information content (AvgIpc) is 3.25. The van der Waals surface area contributed by atoms with Gasteiger partial charge in [0.05, 0.1) is 16.7 Å². The predicted molar refractivity (Wildman–Crippen MR) is 113 cm³/mol. The van der Waals surface area contributed by atoms with E-state index < -0.39 is 11.0 Å². The van der Waals surface area contributed by atoms with E-state index >= 15 is 0 Å². The van der Waals surface area contributed by atoms with Crippen LogP contribution >= 0.6 is 0 Å². The summed E-state index contributed by atoms with van der Waals surface area (Å²) >= 11 is 0. The average molecular weight is 407 g/mol. The molecule has 0 saturated carbocycles. The molecular weight excluding hydrogens is 376 g/mol. The second-order valence-corrected chi connectivity index (χ2v) is 10.2. The van der Waals surface area contributed by atoms with Gasteiger partial charge >= 0.3 is 0 Å². The number of nitrogens with zero attached hydrogens (tertiary/aromatic N) is 2. The van der Waals surface area contributed by atoms with E-state index in [4.69, 9.17) is 4.74 Å². The molecule has 2 bridgehead atoms. The number of benzene rings is 1. The van der Waals surface area contributed by atoms with E-state index in [0.717, 1.165) is 44.3 Å². The molecule has 3 aliphatic carbocycles. The van der Waals surface area contributed by atoms with Crippen molar-refractivity contribution >= 4 is 0 Å². The Hall–Kier alpha value is -1.98. The maximum atomic E-state index is 12.6. The van der Waals surface area contributed by atoms with E-state index in [1.165, 1.54) is 40.9 Å². The first-order valence-electron chi connectivity index (χ1n) is 11.7. The highest BCUT2D eigenvalue weighted by Crippen LogP contribution is 2.69. The number of hydrogen-bond acceptors (Lipinski definition) is 4. The van der Waals surface area contributed by atoms with E-state index in [1.54, 1.807) is 6.07 Å². The number of ether oxygens (including phenoxy) is 1. The van der Waals surface area contributed by atoms with Gasteiger partial charge in [-0.25, -0.2) is 0 Å². The summed E-state index contributed by atoms with van der Waals surface area (Å²) in [5, 5.41) is 23.3. The Morgan fingerprint density at radius 3 is 2.87 bits per heavy atom. The summed E-state index contributed by atoms with van der Waals surface area (Å²) in [6, 6.07) is 3.93. The van der Waals surface area contributed by atoms with Crippen LogP contribution in [0.25, 0.3) is 0 Å². The molecule has 158 valence electrons. The lowest BCUT2D eigenvalue weighted by atomic mass is 9.49. The smallest absolute Gasteiger partial charge is 0.166 e. The summed E-state index contributed by atoms with van der Waals surface area (Å²) in [7, 11) is 2.16. The van der Waals surface area contributed by atoms with Crippen LogP contribution in [0.5, 0.6) is 11.5 Å². The van der Waals surface area contributed by atoms with Crippen molar-refractivity contribution < 1.29 is 14.9 Å². The molecule has 0 amide bonds. The molecule has 30 heavy (non-hydrogen) atoms. The number of phenolic OH excluding ortho intramolecular Hbond substituents is 1.